The lowest BCUT2D eigenvalue weighted by atomic mass is 9.97. The zero-order chi connectivity index (χ0) is 23.2. The molecule has 0 radical (unpaired) electrons. The van der Waals surface area contributed by atoms with Gasteiger partial charge in [-0.1, -0.05) is 91.0 Å². The highest BCUT2D eigenvalue weighted by atomic mass is 16.2. The molecule has 1 aliphatic heterocycles. The van der Waals surface area contributed by atoms with Crippen LogP contribution in [0.1, 0.15) is 22.3 Å². The largest absolute Gasteiger partial charge is 0.340 e. The van der Waals surface area contributed by atoms with Gasteiger partial charge in [0.05, 0.1) is 0 Å². The maximum atomic E-state index is 14.2. The molecule has 4 nitrogen and oxygen atoms in total. The fourth-order valence-electron chi connectivity index (χ4n) is 4.72. The van der Waals surface area contributed by atoms with Gasteiger partial charge >= 0.3 is 0 Å². The number of benzene rings is 3. The monoisotopic (exact) mass is 447 g/mol. The number of nitrogens with zero attached hydrogens (tertiary/aromatic N) is 3. The van der Waals surface area contributed by atoms with E-state index in [1.165, 1.54) is 11.1 Å². The molecule has 1 aliphatic rings. The number of carbonyl (C=O) groups excluding carboxylic acids is 1. The summed E-state index contributed by atoms with van der Waals surface area (Å²) in [6.07, 6.45) is 3.32. The molecule has 0 fully saturated rings. The van der Waals surface area contributed by atoms with Crippen LogP contribution >= 0.6 is 0 Å². The first-order chi connectivity index (χ1) is 16.8. The van der Waals surface area contributed by atoms with Crippen molar-refractivity contribution in [3.05, 3.63) is 132 Å². The Morgan fingerprint density at radius 3 is 2.15 bits per heavy atom. The fourth-order valence-corrected chi connectivity index (χ4v) is 4.72. The van der Waals surface area contributed by atoms with E-state index in [9.17, 15) is 4.79 Å². The Balaban J connectivity index is 1.51. The summed E-state index contributed by atoms with van der Waals surface area (Å²) in [6.45, 7) is 2.01. The lowest BCUT2D eigenvalue weighted by Gasteiger charge is -2.37. The molecular weight excluding hydrogens is 418 g/mol. The van der Waals surface area contributed by atoms with Gasteiger partial charge in [0.2, 0.25) is 5.91 Å². The van der Waals surface area contributed by atoms with Crippen LogP contribution in [0.25, 0.3) is 0 Å². The molecule has 4 heteroatoms. The smallest absolute Gasteiger partial charge is 0.245 e. The number of amides is 1. The number of hydrogen-bond acceptors (Lipinski definition) is 3. The zero-order valence-electron chi connectivity index (χ0n) is 19.3. The molecule has 1 aromatic heterocycles. The number of pyridine rings is 1. The van der Waals surface area contributed by atoms with E-state index < -0.39 is 0 Å². The summed E-state index contributed by atoms with van der Waals surface area (Å²) in [4.78, 5) is 23.0. The predicted molar refractivity (Wildman–Crippen MR) is 136 cm³/mol. The van der Waals surface area contributed by atoms with Crippen LogP contribution in [0.2, 0.25) is 0 Å². The van der Waals surface area contributed by atoms with Gasteiger partial charge in [-0.2, -0.15) is 0 Å². The first-order valence-corrected chi connectivity index (χ1v) is 11.9. The van der Waals surface area contributed by atoms with Gasteiger partial charge in [0.25, 0.3) is 0 Å². The van der Waals surface area contributed by atoms with Crippen LogP contribution in [0.4, 0.5) is 5.82 Å². The molecule has 1 amide bonds. The molecule has 0 aliphatic carbocycles. The standard InChI is InChI=1S/C30H29N3O/c34-30(32-20-18-26-15-7-8-16-27(26)23-32)28(21-24-11-3-1-4-12-24)33(29-17-9-10-19-31-29)22-25-13-5-2-6-14-25/h1-17,19,28H,18,20-23H2. The van der Waals surface area contributed by atoms with E-state index in [-0.39, 0.29) is 11.9 Å². The van der Waals surface area contributed by atoms with Gasteiger partial charge in [0.1, 0.15) is 11.9 Å². The first kappa shape index (κ1) is 21.9. The quantitative estimate of drug-likeness (QED) is 0.387. The third-order valence-corrected chi connectivity index (χ3v) is 6.51. The van der Waals surface area contributed by atoms with Crippen molar-refractivity contribution in [2.75, 3.05) is 11.4 Å². The highest BCUT2D eigenvalue weighted by molar-refractivity contribution is 5.85. The molecule has 34 heavy (non-hydrogen) atoms. The Hall–Kier alpha value is -3.92. The SMILES string of the molecule is O=C(C(Cc1ccccc1)N(Cc1ccccc1)c1ccccn1)N1CCc2ccccc2C1. The summed E-state index contributed by atoms with van der Waals surface area (Å²) in [5.41, 5.74) is 4.89. The molecule has 2 heterocycles. The molecule has 5 rings (SSSR count). The van der Waals surface area contributed by atoms with Crippen molar-refractivity contribution in [1.29, 1.82) is 0 Å². The Morgan fingerprint density at radius 1 is 0.794 bits per heavy atom. The Bertz CT molecular complexity index is 1210. The first-order valence-electron chi connectivity index (χ1n) is 11.9. The molecule has 3 aromatic carbocycles. The number of aromatic nitrogens is 1. The van der Waals surface area contributed by atoms with Crippen molar-refractivity contribution >= 4 is 11.7 Å². The average Bonchev–Trinajstić information content (AvgIpc) is 2.91. The minimum absolute atomic E-state index is 0.153. The van der Waals surface area contributed by atoms with Crippen molar-refractivity contribution in [2.24, 2.45) is 0 Å². The van der Waals surface area contributed by atoms with E-state index in [1.807, 2.05) is 59.5 Å². The summed E-state index contributed by atoms with van der Waals surface area (Å²) in [7, 11) is 0. The zero-order valence-corrected chi connectivity index (χ0v) is 19.3. The number of hydrogen-bond donors (Lipinski definition) is 0. The highest BCUT2D eigenvalue weighted by Crippen LogP contribution is 2.25. The van der Waals surface area contributed by atoms with Crippen LogP contribution in [0.15, 0.2) is 109 Å². The molecular formula is C30H29N3O. The van der Waals surface area contributed by atoms with Gasteiger partial charge in [-0.25, -0.2) is 4.98 Å². The van der Waals surface area contributed by atoms with Gasteiger partial charge in [-0.05, 0) is 40.8 Å². The third kappa shape index (κ3) is 5.01. The number of anilines is 1. The normalized spacial score (nSPS) is 13.7. The molecule has 4 aromatic rings. The fraction of sp³-hybridized carbons (Fsp3) is 0.200. The lowest BCUT2D eigenvalue weighted by molar-refractivity contribution is -0.133. The van der Waals surface area contributed by atoms with Crippen LogP contribution in [0, 0.1) is 0 Å². The molecule has 0 bridgehead atoms. The predicted octanol–water partition coefficient (Wildman–Crippen LogP) is 5.28. The van der Waals surface area contributed by atoms with Crippen molar-refractivity contribution in [2.45, 2.75) is 32.0 Å². The molecule has 0 spiro atoms. The molecule has 0 saturated carbocycles. The van der Waals surface area contributed by atoms with Crippen molar-refractivity contribution in [3.63, 3.8) is 0 Å². The third-order valence-electron chi connectivity index (χ3n) is 6.51. The Kier molecular flexibility index (Phi) is 6.66. The van der Waals surface area contributed by atoms with Gasteiger partial charge in [-0.3, -0.25) is 4.79 Å². The average molecular weight is 448 g/mol. The maximum Gasteiger partial charge on any atom is 0.245 e. The molecule has 1 atom stereocenters. The second-order valence-corrected chi connectivity index (χ2v) is 8.79. The van der Waals surface area contributed by atoms with Gasteiger partial charge in [0.15, 0.2) is 0 Å². The van der Waals surface area contributed by atoms with Crippen LogP contribution in [0.5, 0.6) is 0 Å². The number of carbonyl (C=O) groups is 1. The Labute approximate surface area is 201 Å². The molecule has 0 N–H and O–H groups in total. The molecule has 1 unspecified atom stereocenters. The van der Waals surface area contributed by atoms with E-state index in [1.54, 1.807) is 6.20 Å². The summed E-state index contributed by atoms with van der Waals surface area (Å²) in [5, 5.41) is 0. The van der Waals surface area contributed by atoms with Crippen molar-refractivity contribution < 1.29 is 4.79 Å². The van der Waals surface area contributed by atoms with Crippen LogP contribution in [-0.4, -0.2) is 28.4 Å². The van der Waals surface area contributed by atoms with Crippen molar-refractivity contribution in [3.8, 4) is 0 Å². The van der Waals surface area contributed by atoms with Crippen LogP contribution in [-0.2, 0) is 30.7 Å². The van der Waals surface area contributed by atoms with Crippen molar-refractivity contribution in [1.82, 2.24) is 9.88 Å². The van der Waals surface area contributed by atoms with E-state index in [4.69, 9.17) is 0 Å². The summed E-state index contributed by atoms with van der Waals surface area (Å²) in [6, 6.07) is 34.6. The van der Waals surface area contributed by atoms with Gasteiger partial charge in [0, 0.05) is 32.3 Å². The minimum Gasteiger partial charge on any atom is -0.340 e. The second kappa shape index (κ2) is 10.3. The molecule has 170 valence electrons. The van der Waals surface area contributed by atoms with Gasteiger partial charge < -0.3 is 9.80 Å². The van der Waals surface area contributed by atoms with E-state index in [0.29, 0.717) is 19.5 Å². The summed E-state index contributed by atoms with van der Waals surface area (Å²) >= 11 is 0. The van der Waals surface area contributed by atoms with E-state index in [2.05, 4.69) is 58.4 Å². The topological polar surface area (TPSA) is 36.4 Å². The lowest BCUT2D eigenvalue weighted by Crippen LogP contribution is -2.51. The van der Waals surface area contributed by atoms with Gasteiger partial charge in [-0.15, -0.1) is 0 Å². The van der Waals surface area contributed by atoms with E-state index >= 15 is 0 Å². The minimum atomic E-state index is -0.359. The number of rotatable bonds is 7. The highest BCUT2D eigenvalue weighted by Gasteiger charge is 2.32. The summed E-state index contributed by atoms with van der Waals surface area (Å²) in [5.74, 6) is 0.970. The maximum absolute atomic E-state index is 14.2. The molecule has 0 saturated heterocycles. The Morgan fingerprint density at radius 2 is 1.44 bits per heavy atom. The summed E-state index contributed by atoms with van der Waals surface area (Å²) < 4.78 is 0. The number of fused-ring (bicyclic) bond motifs is 1. The van der Waals surface area contributed by atoms with Crippen LogP contribution in [0.3, 0.4) is 0 Å². The van der Waals surface area contributed by atoms with E-state index in [0.717, 1.165) is 29.9 Å². The van der Waals surface area contributed by atoms with Crippen LogP contribution < -0.4 is 4.90 Å². The second-order valence-electron chi connectivity index (χ2n) is 8.79.